The van der Waals surface area contributed by atoms with Crippen LogP contribution in [0, 0.1) is 5.92 Å². The van der Waals surface area contributed by atoms with Crippen molar-refractivity contribution in [3.8, 4) is 0 Å². The van der Waals surface area contributed by atoms with Crippen molar-refractivity contribution in [2.75, 3.05) is 13.7 Å². The van der Waals surface area contributed by atoms with Gasteiger partial charge >= 0.3 is 18.0 Å². The Bertz CT molecular complexity index is 355. The number of rotatable bonds is 8. The summed E-state index contributed by atoms with van der Waals surface area (Å²) in [6, 6.07) is -1.60. The molecule has 1 aliphatic carbocycles. The van der Waals surface area contributed by atoms with Crippen LogP contribution in [-0.4, -0.2) is 42.8 Å². The standard InChI is InChI=1S/C13H22N2O5/c1-20-11(16)6-5-10(12(17)18)15-13(19)14-8-7-9-3-2-4-9/h9-10H,2-8H2,1H3,(H,17,18)(H2,14,15,19)/t10-/m1/s1. The van der Waals surface area contributed by atoms with Gasteiger partial charge in [0.15, 0.2) is 0 Å². The molecule has 114 valence electrons. The van der Waals surface area contributed by atoms with Gasteiger partial charge in [-0.1, -0.05) is 19.3 Å². The zero-order valence-electron chi connectivity index (χ0n) is 11.7. The summed E-state index contributed by atoms with van der Waals surface area (Å²) in [6.45, 7) is 0.542. The van der Waals surface area contributed by atoms with E-state index >= 15 is 0 Å². The van der Waals surface area contributed by atoms with Crippen LogP contribution in [0.5, 0.6) is 0 Å². The third-order valence-electron chi connectivity index (χ3n) is 3.53. The normalized spacial score (nSPS) is 15.8. The molecule has 0 unspecified atom stereocenters. The van der Waals surface area contributed by atoms with Gasteiger partial charge in [-0.05, 0) is 18.8 Å². The van der Waals surface area contributed by atoms with Crippen molar-refractivity contribution in [2.24, 2.45) is 5.92 Å². The third kappa shape index (κ3) is 5.90. The highest BCUT2D eigenvalue weighted by molar-refractivity contribution is 5.83. The van der Waals surface area contributed by atoms with Crippen LogP contribution in [-0.2, 0) is 14.3 Å². The van der Waals surface area contributed by atoms with Crippen LogP contribution in [0.25, 0.3) is 0 Å². The van der Waals surface area contributed by atoms with Gasteiger partial charge < -0.3 is 20.5 Å². The second-order valence-corrected chi connectivity index (χ2v) is 4.99. The number of hydrogen-bond donors (Lipinski definition) is 3. The summed E-state index contributed by atoms with van der Waals surface area (Å²) in [5, 5.41) is 14.0. The number of urea groups is 1. The van der Waals surface area contributed by atoms with E-state index in [-0.39, 0.29) is 12.8 Å². The number of carbonyl (C=O) groups is 3. The lowest BCUT2D eigenvalue weighted by Gasteiger charge is -2.25. The van der Waals surface area contributed by atoms with Crippen molar-refractivity contribution >= 4 is 18.0 Å². The minimum atomic E-state index is -1.16. The maximum atomic E-state index is 11.6. The molecule has 20 heavy (non-hydrogen) atoms. The first-order chi connectivity index (χ1) is 9.52. The maximum Gasteiger partial charge on any atom is 0.326 e. The summed E-state index contributed by atoms with van der Waals surface area (Å²) in [6.07, 6.45) is 4.56. The van der Waals surface area contributed by atoms with Gasteiger partial charge in [-0.15, -0.1) is 0 Å². The first-order valence-electron chi connectivity index (χ1n) is 6.87. The molecule has 1 saturated carbocycles. The molecule has 0 bridgehead atoms. The predicted molar refractivity (Wildman–Crippen MR) is 71.2 cm³/mol. The Morgan fingerprint density at radius 1 is 1.35 bits per heavy atom. The smallest absolute Gasteiger partial charge is 0.326 e. The van der Waals surface area contributed by atoms with Crippen LogP contribution in [0.2, 0.25) is 0 Å². The van der Waals surface area contributed by atoms with Crippen LogP contribution in [0.3, 0.4) is 0 Å². The summed E-state index contributed by atoms with van der Waals surface area (Å²) in [5.74, 6) is -0.976. The zero-order chi connectivity index (χ0) is 15.0. The second-order valence-electron chi connectivity index (χ2n) is 4.99. The predicted octanol–water partition coefficient (Wildman–Crippen LogP) is 0.882. The quantitative estimate of drug-likeness (QED) is 0.575. The number of hydrogen-bond acceptors (Lipinski definition) is 4. The molecular weight excluding hydrogens is 264 g/mol. The molecule has 1 fully saturated rings. The number of nitrogens with one attached hydrogen (secondary N) is 2. The lowest BCUT2D eigenvalue weighted by Crippen LogP contribution is -2.46. The highest BCUT2D eigenvalue weighted by Crippen LogP contribution is 2.28. The van der Waals surface area contributed by atoms with E-state index in [1.54, 1.807) is 0 Å². The van der Waals surface area contributed by atoms with E-state index in [9.17, 15) is 14.4 Å². The van der Waals surface area contributed by atoms with E-state index in [2.05, 4.69) is 15.4 Å². The fourth-order valence-corrected chi connectivity index (χ4v) is 2.00. The Morgan fingerprint density at radius 2 is 2.05 bits per heavy atom. The van der Waals surface area contributed by atoms with Crippen LogP contribution in [0.4, 0.5) is 4.79 Å². The Morgan fingerprint density at radius 3 is 2.55 bits per heavy atom. The minimum Gasteiger partial charge on any atom is -0.480 e. The molecule has 7 heteroatoms. The molecule has 0 radical (unpaired) electrons. The molecule has 0 aromatic rings. The number of methoxy groups -OCH3 is 1. The third-order valence-corrected chi connectivity index (χ3v) is 3.53. The van der Waals surface area contributed by atoms with Gasteiger partial charge in [0, 0.05) is 13.0 Å². The Labute approximate surface area is 118 Å². The number of carboxylic acids is 1. The minimum absolute atomic E-state index is 0.0120. The number of esters is 1. The molecule has 0 aromatic heterocycles. The fourth-order valence-electron chi connectivity index (χ4n) is 2.00. The molecule has 0 aliphatic heterocycles. The Kier molecular flexibility index (Phi) is 6.83. The molecule has 1 rings (SSSR count). The van der Waals surface area contributed by atoms with Gasteiger partial charge in [0.2, 0.25) is 0 Å². The van der Waals surface area contributed by atoms with E-state index in [4.69, 9.17) is 5.11 Å². The van der Waals surface area contributed by atoms with E-state index in [0.717, 1.165) is 6.42 Å². The van der Waals surface area contributed by atoms with E-state index < -0.39 is 24.0 Å². The second kappa shape index (κ2) is 8.39. The van der Waals surface area contributed by atoms with Crippen molar-refractivity contribution in [3.63, 3.8) is 0 Å². The van der Waals surface area contributed by atoms with Gasteiger partial charge in [-0.25, -0.2) is 9.59 Å². The van der Waals surface area contributed by atoms with Crippen molar-refractivity contribution in [1.29, 1.82) is 0 Å². The highest BCUT2D eigenvalue weighted by atomic mass is 16.5. The van der Waals surface area contributed by atoms with Crippen molar-refractivity contribution in [3.05, 3.63) is 0 Å². The summed E-state index contributed by atoms with van der Waals surface area (Å²) in [7, 11) is 1.23. The van der Waals surface area contributed by atoms with Gasteiger partial charge in [-0.2, -0.15) is 0 Å². The molecule has 1 aliphatic rings. The van der Waals surface area contributed by atoms with Gasteiger partial charge in [0.1, 0.15) is 6.04 Å². The Balaban J connectivity index is 2.22. The molecule has 0 heterocycles. The fraction of sp³-hybridized carbons (Fsp3) is 0.769. The molecule has 7 nitrogen and oxygen atoms in total. The van der Waals surface area contributed by atoms with Gasteiger partial charge in [0.05, 0.1) is 7.11 Å². The van der Waals surface area contributed by atoms with Crippen LogP contribution in [0.1, 0.15) is 38.5 Å². The molecular formula is C13H22N2O5. The molecule has 0 saturated heterocycles. The van der Waals surface area contributed by atoms with Crippen LogP contribution in [0.15, 0.2) is 0 Å². The molecule has 0 spiro atoms. The summed E-state index contributed by atoms with van der Waals surface area (Å²) >= 11 is 0. The highest BCUT2D eigenvalue weighted by Gasteiger charge is 2.21. The largest absolute Gasteiger partial charge is 0.480 e. The van der Waals surface area contributed by atoms with Gasteiger partial charge in [0.25, 0.3) is 0 Å². The number of amides is 2. The maximum absolute atomic E-state index is 11.6. The topological polar surface area (TPSA) is 105 Å². The van der Waals surface area contributed by atoms with Crippen molar-refractivity contribution in [1.82, 2.24) is 10.6 Å². The molecule has 2 amide bonds. The number of carbonyl (C=O) groups excluding carboxylic acids is 2. The number of ether oxygens (including phenoxy) is 1. The van der Waals surface area contributed by atoms with Gasteiger partial charge in [-0.3, -0.25) is 4.79 Å². The molecule has 3 N–H and O–H groups in total. The first kappa shape index (κ1) is 16.3. The van der Waals surface area contributed by atoms with E-state index in [1.807, 2.05) is 0 Å². The molecule has 0 aromatic carbocycles. The lowest BCUT2D eigenvalue weighted by molar-refractivity contribution is -0.142. The lowest BCUT2D eigenvalue weighted by atomic mass is 9.83. The first-order valence-corrected chi connectivity index (χ1v) is 6.87. The monoisotopic (exact) mass is 286 g/mol. The van der Waals surface area contributed by atoms with Crippen molar-refractivity contribution in [2.45, 2.75) is 44.6 Å². The van der Waals surface area contributed by atoms with E-state index in [0.29, 0.717) is 12.5 Å². The van der Waals surface area contributed by atoms with Crippen LogP contribution < -0.4 is 10.6 Å². The van der Waals surface area contributed by atoms with E-state index in [1.165, 1.54) is 26.4 Å². The number of carboxylic acid groups (broad SMARTS) is 1. The number of aliphatic carboxylic acids is 1. The van der Waals surface area contributed by atoms with Crippen molar-refractivity contribution < 1.29 is 24.2 Å². The van der Waals surface area contributed by atoms with Crippen LogP contribution >= 0.6 is 0 Å². The molecule has 1 atom stereocenters. The average molecular weight is 286 g/mol. The summed E-state index contributed by atoms with van der Waals surface area (Å²) < 4.78 is 4.44. The zero-order valence-corrected chi connectivity index (χ0v) is 11.7. The Hall–Kier alpha value is -1.79. The average Bonchev–Trinajstić information content (AvgIpc) is 2.36. The summed E-state index contributed by atoms with van der Waals surface area (Å²) in [5.41, 5.74) is 0. The summed E-state index contributed by atoms with van der Waals surface area (Å²) in [4.78, 5) is 33.5. The SMILES string of the molecule is COC(=O)CC[C@@H](NC(=O)NCCC1CCC1)C(=O)O.